The van der Waals surface area contributed by atoms with Crippen molar-refractivity contribution in [2.24, 2.45) is 5.92 Å². The van der Waals surface area contributed by atoms with Crippen LogP contribution in [0.3, 0.4) is 0 Å². The van der Waals surface area contributed by atoms with Crippen molar-refractivity contribution in [1.82, 2.24) is 9.88 Å². The second-order valence-electron chi connectivity index (χ2n) is 7.38. The molecule has 2 aromatic carbocycles. The number of fused-ring (bicyclic) bond motifs is 1. The molecule has 1 N–H and O–H groups in total. The van der Waals surface area contributed by atoms with Crippen LogP contribution in [-0.2, 0) is 0 Å². The number of rotatable bonds is 7. The lowest BCUT2D eigenvalue weighted by molar-refractivity contribution is -0.253. The molecule has 5 nitrogen and oxygen atoms in total. The van der Waals surface area contributed by atoms with E-state index in [1.54, 1.807) is 6.07 Å². The van der Waals surface area contributed by atoms with E-state index in [4.69, 9.17) is 0 Å². The second-order valence-corrected chi connectivity index (χ2v) is 8.41. The minimum absolute atomic E-state index is 0.0679. The quantitative estimate of drug-likeness (QED) is 0.479. The van der Waals surface area contributed by atoms with E-state index in [1.165, 1.54) is 46.6 Å². The number of benzene rings is 2. The Morgan fingerprint density at radius 1 is 1.28 bits per heavy atom. The largest absolute Gasteiger partial charge is 0.461 e. The predicted octanol–water partition coefficient (Wildman–Crippen LogP) is 5.25. The normalized spacial score (nSPS) is 16.7. The molecule has 0 saturated carbocycles. The lowest BCUT2D eigenvalue weighted by atomic mass is 10.1. The van der Waals surface area contributed by atoms with Gasteiger partial charge in [0.15, 0.2) is 5.13 Å². The molecule has 4 rings (SSSR count). The molecular formula is C21H18F5N3O2S. The highest BCUT2D eigenvalue weighted by atomic mass is 32.1. The lowest BCUT2D eigenvalue weighted by Crippen LogP contribution is -2.35. The fourth-order valence-electron chi connectivity index (χ4n) is 3.48. The minimum atomic E-state index is -4.70. The SMILES string of the molecule is O=C(c1ccccc1OC(F)(F)C(F)F)N1CC[C@H](CNc2nc3ccc(F)cc3s2)C1. The third-order valence-electron chi connectivity index (χ3n) is 5.08. The molecule has 1 aromatic heterocycles. The maximum atomic E-state index is 13.3. The van der Waals surface area contributed by atoms with Gasteiger partial charge in [0.05, 0.1) is 15.8 Å². The molecule has 1 fully saturated rings. The molecule has 1 aliphatic heterocycles. The third kappa shape index (κ3) is 4.77. The van der Waals surface area contributed by atoms with Crippen LogP contribution in [0.5, 0.6) is 5.75 Å². The molecule has 1 amide bonds. The zero-order chi connectivity index (χ0) is 22.9. The van der Waals surface area contributed by atoms with Gasteiger partial charge in [-0.25, -0.2) is 9.37 Å². The number of amides is 1. The minimum Gasteiger partial charge on any atom is -0.427 e. The monoisotopic (exact) mass is 471 g/mol. The number of thiazole rings is 1. The summed E-state index contributed by atoms with van der Waals surface area (Å²) in [5.41, 5.74) is 0.481. The molecule has 1 aliphatic rings. The van der Waals surface area contributed by atoms with Crippen molar-refractivity contribution < 1.29 is 31.5 Å². The molecule has 170 valence electrons. The second kappa shape index (κ2) is 8.89. The highest BCUT2D eigenvalue weighted by Crippen LogP contribution is 2.32. The van der Waals surface area contributed by atoms with E-state index in [0.29, 0.717) is 41.4 Å². The summed E-state index contributed by atoms with van der Waals surface area (Å²) >= 11 is 1.32. The number of carbonyl (C=O) groups is 1. The Morgan fingerprint density at radius 3 is 2.84 bits per heavy atom. The van der Waals surface area contributed by atoms with Crippen molar-refractivity contribution in [1.29, 1.82) is 0 Å². The first kappa shape index (κ1) is 22.3. The Balaban J connectivity index is 1.38. The van der Waals surface area contributed by atoms with E-state index in [-0.39, 0.29) is 17.3 Å². The third-order valence-corrected chi connectivity index (χ3v) is 6.06. The molecule has 3 aromatic rings. The molecule has 0 bridgehead atoms. The number of hydrogen-bond donors (Lipinski definition) is 1. The van der Waals surface area contributed by atoms with Crippen molar-refractivity contribution in [2.75, 3.05) is 25.0 Å². The summed E-state index contributed by atoms with van der Waals surface area (Å²) in [7, 11) is 0. The summed E-state index contributed by atoms with van der Waals surface area (Å²) in [6, 6.07) is 9.45. The van der Waals surface area contributed by atoms with Crippen LogP contribution in [0, 0.1) is 11.7 Å². The Bertz CT molecular complexity index is 1120. The van der Waals surface area contributed by atoms with Crippen molar-refractivity contribution in [3.63, 3.8) is 0 Å². The average molecular weight is 471 g/mol. The van der Waals surface area contributed by atoms with Crippen LogP contribution in [0.15, 0.2) is 42.5 Å². The van der Waals surface area contributed by atoms with Crippen LogP contribution >= 0.6 is 11.3 Å². The van der Waals surface area contributed by atoms with Gasteiger partial charge >= 0.3 is 12.5 Å². The topological polar surface area (TPSA) is 54.5 Å². The molecule has 1 saturated heterocycles. The van der Waals surface area contributed by atoms with Gasteiger partial charge in [-0.1, -0.05) is 23.5 Å². The number of carbonyl (C=O) groups excluding carboxylic acids is 1. The van der Waals surface area contributed by atoms with E-state index < -0.39 is 24.2 Å². The molecule has 0 radical (unpaired) electrons. The van der Waals surface area contributed by atoms with Crippen LogP contribution in [0.1, 0.15) is 16.8 Å². The fraction of sp³-hybridized carbons (Fsp3) is 0.333. The van der Waals surface area contributed by atoms with Crippen LogP contribution in [0.4, 0.5) is 27.1 Å². The van der Waals surface area contributed by atoms with Gasteiger partial charge in [-0.05, 0) is 42.7 Å². The number of nitrogens with zero attached hydrogens (tertiary/aromatic N) is 2. The van der Waals surface area contributed by atoms with Crippen molar-refractivity contribution in [3.8, 4) is 5.75 Å². The lowest BCUT2D eigenvalue weighted by Gasteiger charge is -2.21. The zero-order valence-electron chi connectivity index (χ0n) is 16.5. The van der Waals surface area contributed by atoms with Crippen molar-refractivity contribution >= 4 is 32.6 Å². The maximum Gasteiger partial charge on any atom is 0.461 e. The van der Waals surface area contributed by atoms with Crippen LogP contribution in [-0.4, -0.2) is 48.0 Å². The molecule has 2 heterocycles. The van der Waals surface area contributed by atoms with Gasteiger partial charge in [-0.15, -0.1) is 0 Å². The zero-order valence-corrected chi connectivity index (χ0v) is 17.4. The number of ether oxygens (including phenoxy) is 1. The maximum absolute atomic E-state index is 13.3. The summed E-state index contributed by atoms with van der Waals surface area (Å²) in [6.45, 7) is 1.24. The summed E-state index contributed by atoms with van der Waals surface area (Å²) in [6.07, 6.45) is -8.06. The van der Waals surface area contributed by atoms with Gasteiger partial charge in [0, 0.05) is 19.6 Å². The van der Waals surface area contributed by atoms with Gasteiger partial charge in [-0.2, -0.15) is 17.6 Å². The van der Waals surface area contributed by atoms with Crippen molar-refractivity contribution in [3.05, 3.63) is 53.8 Å². The van der Waals surface area contributed by atoms with Gasteiger partial charge in [0.2, 0.25) is 0 Å². The highest BCUT2D eigenvalue weighted by molar-refractivity contribution is 7.22. The highest BCUT2D eigenvalue weighted by Gasteiger charge is 2.44. The number of nitrogens with one attached hydrogen (secondary N) is 1. The number of alkyl halides is 4. The molecule has 11 heteroatoms. The van der Waals surface area contributed by atoms with Crippen molar-refractivity contribution in [2.45, 2.75) is 19.0 Å². The van der Waals surface area contributed by atoms with E-state index in [0.717, 1.165) is 6.07 Å². The van der Waals surface area contributed by atoms with Gasteiger partial charge in [-0.3, -0.25) is 4.79 Å². The molecule has 1 atom stereocenters. The standard InChI is InChI=1S/C21H18F5N3O2S/c22-13-5-6-15-17(9-13)32-20(28-15)27-10-12-7-8-29(11-12)18(30)14-3-1-2-4-16(14)31-21(25,26)19(23)24/h1-6,9,12,19H,7-8,10-11H2,(H,27,28)/t12-/m1/s1. The Labute approximate surface area is 183 Å². The molecule has 0 spiro atoms. The van der Waals surface area contributed by atoms with Gasteiger partial charge < -0.3 is 15.0 Å². The van der Waals surface area contributed by atoms with Gasteiger partial charge in [0.1, 0.15) is 11.6 Å². The van der Waals surface area contributed by atoms with E-state index in [1.807, 2.05) is 0 Å². The summed E-state index contributed by atoms with van der Waals surface area (Å²) in [5, 5.41) is 3.82. The number of likely N-dealkylation sites (tertiary alicyclic amines) is 1. The number of hydrogen-bond acceptors (Lipinski definition) is 5. The number of anilines is 1. The Hall–Kier alpha value is -2.95. The average Bonchev–Trinajstić information content (AvgIpc) is 3.38. The van der Waals surface area contributed by atoms with E-state index >= 15 is 0 Å². The summed E-state index contributed by atoms with van der Waals surface area (Å²) < 4.78 is 69.9. The summed E-state index contributed by atoms with van der Waals surface area (Å²) in [4.78, 5) is 18.7. The van der Waals surface area contributed by atoms with Crippen LogP contribution < -0.4 is 10.1 Å². The Morgan fingerprint density at radius 2 is 2.06 bits per heavy atom. The molecule has 0 aliphatic carbocycles. The first-order chi connectivity index (χ1) is 15.2. The number of para-hydroxylation sites is 1. The van der Waals surface area contributed by atoms with Crippen LogP contribution in [0.2, 0.25) is 0 Å². The van der Waals surface area contributed by atoms with E-state index in [2.05, 4.69) is 15.0 Å². The Kier molecular flexibility index (Phi) is 6.18. The van der Waals surface area contributed by atoms with Crippen LogP contribution in [0.25, 0.3) is 10.2 Å². The fourth-order valence-corrected chi connectivity index (χ4v) is 4.38. The first-order valence-electron chi connectivity index (χ1n) is 9.76. The smallest absolute Gasteiger partial charge is 0.427 e. The molecule has 32 heavy (non-hydrogen) atoms. The molecule has 0 unspecified atom stereocenters. The molecular weight excluding hydrogens is 453 g/mol. The van der Waals surface area contributed by atoms with Gasteiger partial charge in [0.25, 0.3) is 5.91 Å². The van der Waals surface area contributed by atoms with E-state index in [9.17, 15) is 26.7 Å². The number of aromatic nitrogens is 1. The number of halogens is 5. The first-order valence-corrected chi connectivity index (χ1v) is 10.6. The predicted molar refractivity (Wildman–Crippen MR) is 110 cm³/mol. The summed E-state index contributed by atoms with van der Waals surface area (Å²) in [5.74, 6) is -1.43.